The number of carbonyl (C=O) groups excluding carboxylic acids is 3. The van der Waals surface area contributed by atoms with Crippen molar-refractivity contribution in [3.8, 4) is 5.75 Å². The summed E-state index contributed by atoms with van der Waals surface area (Å²) >= 11 is 0. The summed E-state index contributed by atoms with van der Waals surface area (Å²) in [6.45, 7) is 10.8. The molecular weight excluding hydrogens is 615 g/mol. The maximum absolute atomic E-state index is 13.1. The SMILES string of the molecule is CCCN(C(=O)OC(C)(C)C)c1cc(O)c2c(c1)/C=C/C[C@H](O)[C@H](O)C(=O)/C=C\[C@@H](C)[C@H](C)OC2=O.O=S(=O)(O)C(F)(F)F. The molecule has 248 valence electrons. The van der Waals surface area contributed by atoms with Crippen molar-refractivity contribution in [2.45, 2.75) is 83.8 Å². The van der Waals surface area contributed by atoms with E-state index >= 15 is 0 Å². The van der Waals surface area contributed by atoms with Crippen molar-refractivity contribution in [3.05, 3.63) is 41.5 Å². The van der Waals surface area contributed by atoms with E-state index in [4.69, 9.17) is 22.4 Å². The van der Waals surface area contributed by atoms with E-state index in [1.54, 1.807) is 40.7 Å². The normalized spacial score (nSPS) is 23.2. The van der Waals surface area contributed by atoms with Crippen LogP contribution in [0.3, 0.4) is 0 Å². The number of hydrogen-bond donors (Lipinski definition) is 4. The standard InChI is InChI=1S/C27H37NO8.CHF3O3S/c1-7-13-28(26(34)36-27(4,5)6)19-14-18-9-8-10-20(29)24(32)21(30)12-11-16(2)17(3)35-25(33)23(18)22(31)15-19;2-1(3,4)8(5,6)7/h8-9,11-12,14-17,20,24,29,31-32H,7,10,13H2,1-6H3;(H,5,6,7)/b9-8+,12-11-;/t16-,17+,20+,24+;/m1./s1. The van der Waals surface area contributed by atoms with E-state index in [0.29, 0.717) is 18.7 Å². The maximum atomic E-state index is 13.1. The molecule has 1 aromatic rings. The monoisotopic (exact) mass is 653 g/mol. The van der Waals surface area contributed by atoms with Gasteiger partial charge in [0.1, 0.15) is 29.1 Å². The molecule has 1 amide bonds. The average molecular weight is 654 g/mol. The van der Waals surface area contributed by atoms with E-state index in [9.17, 15) is 42.9 Å². The number of ether oxygens (including phenoxy) is 2. The quantitative estimate of drug-likeness (QED) is 0.206. The number of ketones is 1. The van der Waals surface area contributed by atoms with Gasteiger partial charge >= 0.3 is 27.7 Å². The fourth-order valence-corrected chi connectivity index (χ4v) is 3.50. The number of alkyl halides is 3. The number of phenolic OH excluding ortho intramolecular Hbond substituents is 1. The first-order valence-electron chi connectivity index (χ1n) is 13.4. The van der Waals surface area contributed by atoms with Gasteiger partial charge in [0, 0.05) is 18.5 Å². The van der Waals surface area contributed by atoms with E-state index in [1.165, 1.54) is 29.2 Å². The van der Waals surface area contributed by atoms with Gasteiger partial charge in [-0.25, -0.2) is 9.59 Å². The summed E-state index contributed by atoms with van der Waals surface area (Å²) in [6.07, 6.45) is 1.82. The van der Waals surface area contributed by atoms with Crippen LogP contribution < -0.4 is 4.90 Å². The minimum atomic E-state index is -5.84. The number of carbonyl (C=O) groups is 3. The van der Waals surface area contributed by atoms with Crippen molar-refractivity contribution in [2.75, 3.05) is 11.4 Å². The zero-order valence-electron chi connectivity index (χ0n) is 25.0. The van der Waals surface area contributed by atoms with Crippen LogP contribution in [0.2, 0.25) is 0 Å². The number of benzene rings is 1. The third-order valence-corrected chi connectivity index (χ3v) is 6.52. The Kier molecular flexibility index (Phi) is 13.6. The summed E-state index contributed by atoms with van der Waals surface area (Å²) in [5.74, 6) is -2.22. The molecule has 44 heavy (non-hydrogen) atoms. The van der Waals surface area contributed by atoms with Crippen molar-refractivity contribution in [1.29, 1.82) is 0 Å². The molecule has 1 aromatic carbocycles. The van der Waals surface area contributed by atoms with E-state index in [2.05, 4.69) is 0 Å². The molecule has 4 N–H and O–H groups in total. The van der Waals surface area contributed by atoms with Crippen molar-refractivity contribution in [3.63, 3.8) is 0 Å². The first-order chi connectivity index (χ1) is 20.0. The fourth-order valence-electron chi connectivity index (χ4n) is 3.50. The van der Waals surface area contributed by atoms with Crippen LogP contribution >= 0.6 is 0 Å². The number of amides is 1. The first-order valence-corrected chi connectivity index (χ1v) is 14.8. The summed E-state index contributed by atoms with van der Waals surface area (Å²) < 4.78 is 68.6. The zero-order valence-corrected chi connectivity index (χ0v) is 25.8. The predicted octanol–water partition coefficient (Wildman–Crippen LogP) is 4.38. The highest BCUT2D eigenvalue weighted by Crippen LogP contribution is 2.32. The lowest BCUT2D eigenvalue weighted by Crippen LogP contribution is -2.37. The van der Waals surface area contributed by atoms with Gasteiger partial charge in [0.2, 0.25) is 0 Å². The molecule has 1 aliphatic rings. The molecule has 0 unspecified atom stereocenters. The van der Waals surface area contributed by atoms with Crippen molar-refractivity contribution in [2.24, 2.45) is 5.92 Å². The van der Waals surface area contributed by atoms with Crippen LogP contribution in [0.1, 0.15) is 70.3 Å². The van der Waals surface area contributed by atoms with Crippen LogP contribution in [0.15, 0.2) is 30.4 Å². The fraction of sp³-hybridized carbons (Fsp3) is 0.536. The second-order valence-corrected chi connectivity index (χ2v) is 12.3. The lowest BCUT2D eigenvalue weighted by molar-refractivity contribution is -0.127. The van der Waals surface area contributed by atoms with Crippen LogP contribution in [0.25, 0.3) is 6.08 Å². The Morgan fingerprint density at radius 1 is 1.11 bits per heavy atom. The number of aliphatic hydroxyl groups is 2. The molecule has 1 aliphatic heterocycles. The van der Waals surface area contributed by atoms with Gasteiger partial charge in [-0.15, -0.1) is 0 Å². The van der Waals surface area contributed by atoms with Gasteiger partial charge in [-0.3, -0.25) is 14.2 Å². The molecule has 0 bridgehead atoms. The molecule has 0 saturated heterocycles. The van der Waals surface area contributed by atoms with Gasteiger partial charge < -0.3 is 24.8 Å². The van der Waals surface area contributed by atoms with Crippen LogP contribution in [-0.2, 0) is 24.4 Å². The highest BCUT2D eigenvalue weighted by Gasteiger charge is 2.44. The van der Waals surface area contributed by atoms with Crippen LogP contribution in [0, 0.1) is 5.92 Å². The number of aromatic hydroxyl groups is 1. The van der Waals surface area contributed by atoms with Crippen LogP contribution in [-0.4, -0.2) is 82.1 Å². The third kappa shape index (κ3) is 11.6. The molecule has 0 radical (unpaired) electrons. The second kappa shape index (κ2) is 15.5. The van der Waals surface area contributed by atoms with Gasteiger partial charge in [-0.05, 0) is 58.2 Å². The molecule has 16 heteroatoms. The minimum Gasteiger partial charge on any atom is -0.507 e. The van der Waals surface area contributed by atoms with Crippen molar-refractivity contribution < 1.29 is 65.3 Å². The Morgan fingerprint density at radius 2 is 1.68 bits per heavy atom. The predicted molar refractivity (Wildman–Crippen MR) is 153 cm³/mol. The van der Waals surface area contributed by atoms with Gasteiger partial charge in [-0.2, -0.15) is 21.6 Å². The lowest BCUT2D eigenvalue weighted by Gasteiger charge is -2.28. The number of fused-ring (bicyclic) bond motifs is 1. The van der Waals surface area contributed by atoms with Gasteiger partial charge in [0.15, 0.2) is 5.78 Å². The highest BCUT2D eigenvalue weighted by atomic mass is 32.2. The topological polar surface area (TPSA) is 188 Å². The van der Waals surface area contributed by atoms with Crippen LogP contribution in [0.5, 0.6) is 5.75 Å². The molecule has 0 fully saturated rings. The van der Waals surface area contributed by atoms with Crippen molar-refractivity contribution >= 4 is 39.7 Å². The average Bonchev–Trinajstić information content (AvgIpc) is 2.86. The Balaban J connectivity index is 0.00000106. The van der Waals surface area contributed by atoms with Crippen molar-refractivity contribution in [1.82, 2.24) is 0 Å². The van der Waals surface area contributed by atoms with Gasteiger partial charge in [-0.1, -0.05) is 32.1 Å². The number of rotatable bonds is 3. The van der Waals surface area contributed by atoms with E-state index < -0.39 is 63.3 Å². The van der Waals surface area contributed by atoms with Gasteiger partial charge in [0.05, 0.1) is 11.8 Å². The second-order valence-electron chi connectivity index (χ2n) is 10.9. The van der Waals surface area contributed by atoms with E-state index in [0.717, 1.165) is 6.08 Å². The first kappa shape index (κ1) is 38.6. The lowest BCUT2D eigenvalue weighted by atomic mass is 9.99. The number of hydrogen-bond acceptors (Lipinski definition) is 10. The Morgan fingerprint density at radius 3 is 2.18 bits per heavy atom. The molecule has 0 aliphatic carbocycles. The highest BCUT2D eigenvalue weighted by molar-refractivity contribution is 7.86. The van der Waals surface area contributed by atoms with E-state index in [1.807, 2.05) is 6.92 Å². The van der Waals surface area contributed by atoms with Gasteiger partial charge in [0.25, 0.3) is 0 Å². The molecule has 2 rings (SSSR count). The number of esters is 1. The molecule has 4 atom stereocenters. The molecular formula is C28H38F3NO11S. The number of phenols is 1. The molecule has 12 nitrogen and oxygen atoms in total. The molecule has 1 heterocycles. The summed E-state index contributed by atoms with van der Waals surface area (Å²) in [6, 6.07) is 2.85. The zero-order chi connectivity index (χ0) is 34.2. The largest absolute Gasteiger partial charge is 0.522 e. The number of anilines is 1. The number of nitrogens with zero attached hydrogens (tertiary/aromatic N) is 1. The summed E-state index contributed by atoms with van der Waals surface area (Å²) in [5.41, 5.74) is -5.84. The molecule has 0 saturated carbocycles. The van der Waals surface area contributed by atoms with E-state index in [-0.39, 0.29) is 23.3 Å². The minimum absolute atomic E-state index is 0.100. The number of aliphatic hydroxyl groups excluding tert-OH is 2. The maximum Gasteiger partial charge on any atom is 0.522 e. The Bertz CT molecular complexity index is 1350. The summed E-state index contributed by atoms with van der Waals surface area (Å²) in [4.78, 5) is 39.5. The summed E-state index contributed by atoms with van der Waals surface area (Å²) in [5, 5.41) is 31.3. The summed E-state index contributed by atoms with van der Waals surface area (Å²) in [7, 11) is -5.84. The smallest absolute Gasteiger partial charge is 0.507 e. The third-order valence-electron chi connectivity index (χ3n) is 5.93. The molecule has 0 aromatic heterocycles. The number of cyclic esters (lactones) is 1. The Hall–Kier alpha value is -3.47. The number of halogens is 3. The molecule has 0 spiro atoms. The van der Waals surface area contributed by atoms with Crippen LogP contribution in [0.4, 0.5) is 23.7 Å². The Labute approximate surface area is 253 Å².